The quantitative estimate of drug-likeness (QED) is 0.551. The van der Waals surface area contributed by atoms with Gasteiger partial charge in [-0.3, -0.25) is 4.79 Å². The number of benzene rings is 1. The van der Waals surface area contributed by atoms with E-state index in [0.717, 1.165) is 16.6 Å². The van der Waals surface area contributed by atoms with Crippen LogP contribution in [0.5, 0.6) is 0 Å². The molecule has 0 saturated carbocycles. The molecule has 3 rings (SSSR count). The van der Waals surface area contributed by atoms with Crippen molar-refractivity contribution in [2.75, 3.05) is 17.3 Å². The molecule has 170 valence electrons. The molecule has 0 aliphatic rings. The summed E-state index contributed by atoms with van der Waals surface area (Å²) in [5, 5.41) is 11.1. The Bertz CT molecular complexity index is 1110. The zero-order chi connectivity index (χ0) is 23.3. The van der Waals surface area contributed by atoms with Crippen LogP contribution in [0.1, 0.15) is 32.9 Å². The molecule has 2 aromatic heterocycles. The fraction of sp³-hybridized carbons (Fsp3) is 0.391. The highest BCUT2D eigenvalue weighted by Gasteiger charge is 2.25. The van der Waals surface area contributed by atoms with Crippen LogP contribution in [-0.4, -0.2) is 50.4 Å². The van der Waals surface area contributed by atoms with E-state index >= 15 is 0 Å². The van der Waals surface area contributed by atoms with E-state index in [-0.39, 0.29) is 5.91 Å². The third kappa shape index (κ3) is 6.23. The highest BCUT2D eigenvalue weighted by Crippen LogP contribution is 2.20. The van der Waals surface area contributed by atoms with Crippen LogP contribution in [0.3, 0.4) is 0 Å². The van der Waals surface area contributed by atoms with Gasteiger partial charge in [0.25, 0.3) is 0 Å². The molecule has 2 N–H and O–H groups in total. The van der Waals surface area contributed by atoms with Crippen LogP contribution in [0.2, 0.25) is 0 Å². The lowest BCUT2D eigenvalue weighted by molar-refractivity contribution is -0.118. The molecule has 0 saturated heterocycles. The van der Waals surface area contributed by atoms with Crippen LogP contribution < -0.4 is 10.6 Å². The van der Waals surface area contributed by atoms with E-state index in [1.807, 2.05) is 49.6 Å². The summed E-state index contributed by atoms with van der Waals surface area (Å²) in [6.07, 6.45) is 1.79. The van der Waals surface area contributed by atoms with E-state index in [4.69, 9.17) is 4.74 Å². The number of para-hydroxylation sites is 1. The monoisotopic (exact) mass is 455 g/mol. The number of hydrogen-bond donors (Lipinski definition) is 2. The maximum absolute atomic E-state index is 13.1. The number of carbonyl (C=O) groups excluding carboxylic acids is 2. The number of amides is 2. The first kappa shape index (κ1) is 23.6. The van der Waals surface area contributed by atoms with Crippen molar-refractivity contribution in [3.05, 3.63) is 48.2 Å². The third-order valence-electron chi connectivity index (χ3n) is 4.50. The second-order valence-corrected chi connectivity index (χ2v) is 9.40. The second-order valence-electron chi connectivity index (χ2n) is 8.41. The number of nitrogens with zero attached hydrogens (tertiary/aromatic N) is 3. The number of ether oxygens (including phenoxy) is 1. The van der Waals surface area contributed by atoms with E-state index in [9.17, 15) is 9.59 Å². The molecule has 0 aliphatic carbocycles. The summed E-state index contributed by atoms with van der Waals surface area (Å²) in [5.41, 5.74) is 0.915. The Morgan fingerprint density at radius 3 is 2.66 bits per heavy atom. The molecule has 32 heavy (non-hydrogen) atoms. The Labute approximate surface area is 192 Å². The Morgan fingerprint density at radius 2 is 1.94 bits per heavy atom. The predicted molar refractivity (Wildman–Crippen MR) is 128 cm³/mol. The number of pyridine rings is 1. The molecule has 9 heteroatoms. The SMILES string of the molecule is CSCCC(NC(=O)OC(C)(C)C)C(=O)Nc1cc(C)nn1-c1ccc2ccccc2n1. The van der Waals surface area contributed by atoms with Crippen molar-refractivity contribution in [3.63, 3.8) is 0 Å². The molecule has 2 heterocycles. The van der Waals surface area contributed by atoms with Crippen LogP contribution in [0, 0.1) is 6.92 Å². The van der Waals surface area contributed by atoms with Crippen molar-refractivity contribution in [3.8, 4) is 5.82 Å². The fourth-order valence-electron chi connectivity index (χ4n) is 3.10. The fourth-order valence-corrected chi connectivity index (χ4v) is 3.58. The van der Waals surface area contributed by atoms with Crippen LogP contribution >= 0.6 is 11.8 Å². The minimum Gasteiger partial charge on any atom is -0.444 e. The molecule has 0 aliphatic heterocycles. The van der Waals surface area contributed by atoms with Crippen molar-refractivity contribution in [2.24, 2.45) is 0 Å². The van der Waals surface area contributed by atoms with Crippen LogP contribution in [0.4, 0.5) is 10.6 Å². The first-order chi connectivity index (χ1) is 15.2. The maximum atomic E-state index is 13.1. The summed E-state index contributed by atoms with van der Waals surface area (Å²) in [6, 6.07) is 12.6. The average Bonchev–Trinajstić information content (AvgIpc) is 3.09. The summed E-state index contributed by atoms with van der Waals surface area (Å²) in [7, 11) is 0. The van der Waals surface area contributed by atoms with E-state index in [2.05, 4.69) is 20.7 Å². The smallest absolute Gasteiger partial charge is 0.408 e. The van der Waals surface area contributed by atoms with Crippen molar-refractivity contribution in [1.82, 2.24) is 20.1 Å². The molecule has 1 aromatic carbocycles. The number of nitrogens with one attached hydrogen (secondary N) is 2. The van der Waals surface area contributed by atoms with Gasteiger partial charge < -0.3 is 15.4 Å². The number of carbonyl (C=O) groups is 2. The van der Waals surface area contributed by atoms with Gasteiger partial charge in [-0.25, -0.2) is 9.78 Å². The molecule has 1 atom stereocenters. The van der Waals surface area contributed by atoms with Gasteiger partial charge in [-0.1, -0.05) is 18.2 Å². The lowest BCUT2D eigenvalue weighted by Gasteiger charge is -2.23. The second kappa shape index (κ2) is 10.0. The zero-order valence-electron chi connectivity index (χ0n) is 19.0. The van der Waals surface area contributed by atoms with E-state index in [1.54, 1.807) is 43.3 Å². The highest BCUT2D eigenvalue weighted by molar-refractivity contribution is 7.98. The molecule has 2 amide bonds. The van der Waals surface area contributed by atoms with Crippen LogP contribution in [0.25, 0.3) is 16.7 Å². The lowest BCUT2D eigenvalue weighted by atomic mass is 10.2. The molecule has 8 nitrogen and oxygen atoms in total. The molecule has 0 radical (unpaired) electrons. The zero-order valence-corrected chi connectivity index (χ0v) is 19.8. The number of fused-ring (bicyclic) bond motifs is 1. The van der Waals surface area contributed by atoms with Gasteiger partial charge in [0.15, 0.2) is 5.82 Å². The number of rotatable bonds is 7. The summed E-state index contributed by atoms with van der Waals surface area (Å²) < 4.78 is 6.92. The van der Waals surface area contributed by atoms with Crippen molar-refractivity contribution in [1.29, 1.82) is 0 Å². The number of anilines is 1. The number of aryl methyl sites for hydroxylation is 1. The summed E-state index contributed by atoms with van der Waals surface area (Å²) in [6.45, 7) is 7.18. The van der Waals surface area contributed by atoms with Crippen molar-refractivity contribution >= 4 is 40.5 Å². The van der Waals surface area contributed by atoms with Gasteiger partial charge in [-0.05, 0) is 64.3 Å². The van der Waals surface area contributed by atoms with Gasteiger partial charge in [0.05, 0.1) is 11.2 Å². The third-order valence-corrected chi connectivity index (χ3v) is 5.15. The van der Waals surface area contributed by atoms with E-state index in [0.29, 0.717) is 23.8 Å². The number of hydrogen-bond acceptors (Lipinski definition) is 6. The van der Waals surface area contributed by atoms with Gasteiger partial charge in [-0.15, -0.1) is 0 Å². The Balaban J connectivity index is 1.82. The molecule has 0 bridgehead atoms. The average molecular weight is 456 g/mol. The van der Waals surface area contributed by atoms with Gasteiger partial charge >= 0.3 is 6.09 Å². The van der Waals surface area contributed by atoms with Crippen LogP contribution in [-0.2, 0) is 9.53 Å². The Kier molecular flexibility index (Phi) is 7.40. The minimum atomic E-state index is -0.745. The Hall–Kier alpha value is -3.07. The molecular weight excluding hydrogens is 426 g/mol. The summed E-state index contributed by atoms with van der Waals surface area (Å²) in [4.78, 5) is 30.0. The van der Waals surface area contributed by atoms with Crippen molar-refractivity contribution < 1.29 is 14.3 Å². The molecule has 0 spiro atoms. The number of alkyl carbamates (subject to hydrolysis) is 1. The first-order valence-corrected chi connectivity index (χ1v) is 11.8. The van der Waals surface area contributed by atoms with E-state index < -0.39 is 17.7 Å². The van der Waals surface area contributed by atoms with Gasteiger partial charge in [0.1, 0.15) is 17.5 Å². The van der Waals surface area contributed by atoms with Crippen molar-refractivity contribution in [2.45, 2.75) is 45.8 Å². The summed E-state index contributed by atoms with van der Waals surface area (Å²) in [5.74, 6) is 1.44. The molecule has 3 aromatic rings. The first-order valence-electron chi connectivity index (χ1n) is 10.4. The van der Waals surface area contributed by atoms with E-state index in [1.165, 1.54) is 0 Å². The predicted octanol–water partition coefficient (Wildman–Crippen LogP) is 4.31. The number of thioether (sulfide) groups is 1. The standard InChI is InChI=1S/C23H29N5O3S/c1-15-14-20(28(27-15)19-11-10-16-8-6-7-9-17(16)24-19)26-21(29)18(12-13-32-5)25-22(30)31-23(2,3)4/h6-11,14,18H,12-13H2,1-5H3,(H,25,30)(H,26,29). The lowest BCUT2D eigenvalue weighted by Crippen LogP contribution is -2.46. The maximum Gasteiger partial charge on any atom is 0.408 e. The molecular formula is C23H29N5O3S. The topological polar surface area (TPSA) is 98.1 Å². The minimum absolute atomic E-state index is 0.341. The van der Waals surface area contributed by atoms with Gasteiger partial charge in [0, 0.05) is 11.5 Å². The highest BCUT2D eigenvalue weighted by atomic mass is 32.2. The molecule has 1 unspecified atom stereocenters. The number of aromatic nitrogens is 3. The van der Waals surface area contributed by atoms with Gasteiger partial charge in [-0.2, -0.15) is 21.5 Å². The Morgan fingerprint density at radius 1 is 1.19 bits per heavy atom. The normalized spacial score (nSPS) is 12.4. The summed E-state index contributed by atoms with van der Waals surface area (Å²) >= 11 is 1.60. The van der Waals surface area contributed by atoms with Gasteiger partial charge in [0.2, 0.25) is 5.91 Å². The molecule has 0 fully saturated rings. The largest absolute Gasteiger partial charge is 0.444 e. The van der Waals surface area contributed by atoms with Crippen LogP contribution in [0.15, 0.2) is 42.5 Å².